The summed E-state index contributed by atoms with van der Waals surface area (Å²) in [7, 11) is 2.04. The van der Waals surface area contributed by atoms with Crippen LogP contribution in [0.4, 0.5) is 0 Å². The molecule has 0 aliphatic carbocycles. The molecule has 2 aliphatic heterocycles. The molecule has 29 heavy (non-hydrogen) atoms. The van der Waals surface area contributed by atoms with Gasteiger partial charge in [-0.15, -0.1) is 0 Å². The molecular weight excluding hydrogens is 372 g/mol. The van der Waals surface area contributed by atoms with Gasteiger partial charge in [-0.25, -0.2) is 4.98 Å². The number of imidazole rings is 1. The average molecular weight is 398 g/mol. The normalized spacial score (nSPS) is 18.3. The molecule has 4 rings (SSSR count). The summed E-state index contributed by atoms with van der Waals surface area (Å²) in [6.45, 7) is 6.43. The van der Waals surface area contributed by atoms with E-state index in [1.807, 2.05) is 25.2 Å². The van der Waals surface area contributed by atoms with Crippen molar-refractivity contribution in [2.75, 3.05) is 59.4 Å². The molecule has 0 saturated carbocycles. The molecule has 2 aromatic rings. The van der Waals surface area contributed by atoms with Crippen molar-refractivity contribution in [2.24, 2.45) is 0 Å². The minimum Gasteiger partial charge on any atom is -0.339 e. The van der Waals surface area contributed by atoms with Gasteiger partial charge in [-0.3, -0.25) is 18.8 Å². The number of aromatic nitrogens is 2. The largest absolute Gasteiger partial charge is 0.339 e. The van der Waals surface area contributed by atoms with Crippen LogP contribution in [0.3, 0.4) is 0 Å². The predicted molar refractivity (Wildman–Crippen MR) is 107 cm³/mol. The molecule has 9 heteroatoms. The Hall–Kier alpha value is -2.94. The van der Waals surface area contributed by atoms with Gasteiger partial charge in [0.25, 0.3) is 11.8 Å². The summed E-state index contributed by atoms with van der Waals surface area (Å²) < 4.78 is 1.70. The summed E-state index contributed by atoms with van der Waals surface area (Å²) in [5, 5.41) is 0. The number of hydrogen-bond donors (Lipinski definition) is 0. The molecule has 0 aromatic carbocycles. The van der Waals surface area contributed by atoms with Crippen LogP contribution in [0, 0.1) is 0 Å². The first-order valence-electron chi connectivity index (χ1n) is 9.95. The van der Waals surface area contributed by atoms with Crippen LogP contribution in [0.25, 0.3) is 5.52 Å². The van der Waals surface area contributed by atoms with E-state index in [9.17, 15) is 14.4 Å². The third kappa shape index (κ3) is 3.69. The van der Waals surface area contributed by atoms with E-state index in [1.165, 1.54) is 6.92 Å². The number of pyridine rings is 1. The molecule has 0 radical (unpaired) electrons. The second kappa shape index (κ2) is 7.82. The first-order valence-corrected chi connectivity index (χ1v) is 9.95. The zero-order valence-electron chi connectivity index (χ0n) is 16.9. The van der Waals surface area contributed by atoms with Gasteiger partial charge in [0.05, 0.1) is 5.52 Å². The van der Waals surface area contributed by atoms with Crippen molar-refractivity contribution in [3.05, 3.63) is 35.9 Å². The maximum Gasteiger partial charge on any atom is 0.290 e. The van der Waals surface area contributed by atoms with Crippen molar-refractivity contribution in [1.82, 2.24) is 29.0 Å². The highest BCUT2D eigenvalue weighted by Gasteiger charge is 2.30. The first-order chi connectivity index (χ1) is 14.0. The Balaban J connectivity index is 1.60. The Bertz CT molecular complexity index is 939. The van der Waals surface area contributed by atoms with Crippen LogP contribution in [0.2, 0.25) is 0 Å². The second-order valence-corrected chi connectivity index (χ2v) is 7.63. The SMILES string of the molecule is CC(=O)N1CCN(C(=O)c2nc(C(=O)N3CCN(C)CC3)c3ccccn23)CC1. The standard InChI is InChI=1S/C20H26N6O3/c1-15(27)23-11-13-25(14-12-23)20(29)18-21-17(16-5-3-4-6-26(16)18)19(28)24-9-7-22(2)8-10-24/h3-6H,7-14H2,1-2H3. The number of amides is 3. The molecule has 3 amide bonds. The Kier molecular flexibility index (Phi) is 5.23. The smallest absolute Gasteiger partial charge is 0.290 e. The summed E-state index contributed by atoms with van der Waals surface area (Å²) in [6.07, 6.45) is 1.77. The molecule has 0 N–H and O–H groups in total. The molecule has 0 atom stereocenters. The van der Waals surface area contributed by atoms with Gasteiger partial charge in [0.2, 0.25) is 11.7 Å². The molecule has 2 aliphatic rings. The lowest BCUT2D eigenvalue weighted by molar-refractivity contribution is -0.130. The molecule has 2 aromatic heterocycles. The van der Waals surface area contributed by atoms with Gasteiger partial charge in [-0.1, -0.05) is 6.07 Å². The maximum atomic E-state index is 13.2. The van der Waals surface area contributed by atoms with Gasteiger partial charge in [0.1, 0.15) is 0 Å². The summed E-state index contributed by atoms with van der Waals surface area (Å²) in [6, 6.07) is 5.49. The number of piperazine rings is 2. The third-order valence-electron chi connectivity index (χ3n) is 5.74. The minimum atomic E-state index is -0.216. The van der Waals surface area contributed by atoms with Crippen LogP contribution in [0.15, 0.2) is 24.4 Å². The number of fused-ring (bicyclic) bond motifs is 1. The van der Waals surface area contributed by atoms with Crippen molar-refractivity contribution in [1.29, 1.82) is 0 Å². The molecule has 2 fully saturated rings. The molecule has 154 valence electrons. The highest BCUT2D eigenvalue weighted by Crippen LogP contribution is 2.18. The van der Waals surface area contributed by atoms with Crippen molar-refractivity contribution >= 4 is 23.2 Å². The first kappa shape index (κ1) is 19.4. The summed E-state index contributed by atoms with van der Waals surface area (Å²) >= 11 is 0. The Morgan fingerprint density at radius 2 is 1.41 bits per heavy atom. The Morgan fingerprint density at radius 3 is 2.07 bits per heavy atom. The number of likely N-dealkylation sites (N-methyl/N-ethyl adjacent to an activating group) is 1. The van der Waals surface area contributed by atoms with Crippen molar-refractivity contribution in [3.63, 3.8) is 0 Å². The predicted octanol–water partition coefficient (Wildman–Crippen LogP) is 0.0262. The number of nitrogens with zero attached hydrogens (tertiary/aromatic N) is 6. The molecule has 9 nitrogen and oxygen atoms in total. The average Bonchev–Trinajstić information content (AvgIpc) is 3.13. The molecule has 0 bridgehead atoms. The minimum absolute atomic E-state index is 0.0171. The monoisotopic (exact) mass is 398 g/mol. The fourth-order valence-corrected chi connectivity index (χ4v) is 3.87. The van der Waals surface area contributed by atoms with Crippen molar-refractivity contribution in [3.8, 4) is 0 Å². The molecular formula is C20H26N6O3. The van der Waals surface area contributed by atoms with Crippen LogP contribution in [0.1, 0.15) is 28.0 Å². The van der Waals surface area contributed by atoms with Gasteiger partial charge < -0.3 is 19.6 Å². The van der Waals surface area contributed by atoms with E-state index in [0.29, 0.717) is 50.5 Å². The van der Waals surface area contributed by atoms with Crippen LogP contribution >= 0.6 is 0 Å². The van der Waals surface area contributed by atoms with Crippen LogP contribution in [-0.4, -0.2) is 106 Å². The van der Waals surface area contributed by atoms with Gasteiger partial charge >= 0.3 is 0 Å². The Morgan fingerprint density at radius 1 is 0.828 bits per heavy atom. The summed E-state index contributed by atoms with van der Waals surface area (Å²) in [5.41, 5.74) is 0.961. The van der Waals surface area contributed by atoms with Crippen LogP contribution in [-0.2, 0) is 4.79 Å². The van der Waals surface area contributed by atoms with E-state index in [2.05, 4.69) is 9.88 Å². The highest BCUT2D eigenvalue weighted by atomic mass is 16.2. The van der Waals surface area contributed by atoms with E-state index >= 15 is 0 Å². The van der Waals surface area contributed by atoms with Crippen molar-refractivity contribution < 1.29 is 14.4 Å². The van der Waals surface area contributed by atoms with Gasteiger partial charge in [-0.2, -0.15) is 0 Å². The third-order valence-corrected chi connectivity index (χ3v) is 5.74. The fraction of sp³-hybridized carbons (Fsp3) is 0.500. The number of rotatable bonds is 2. The van der Waals surface area contributed by atoms with E-state index in [-0.39, 0.29) is 23.5 Å². The quantitative estimate of drug-likeness (QED) is 0.713. The van der Waals surface area contributed by atoms with Gasteiger partial charge in [0.15, 0.2) is 5.69 Å². The lowest BCUT2D eigenvalue weighted by Crippen LogP contribution is -2.50. The van der Waals surface area contributed by atoms with E-state index in [1.54, 1.807) is 25.3 Å². The van der Waals surface area contributed by atoms with Gasteiger partial charge in [-0.05, 0) is 19.2 Å². The summed E-state index contributed by atoms with van der Waals surface area (Å²) in [4.78, 5) is 49.7. The lowest BCUT2D eigenvalue weighted by atomic mass is 10.2. The summed E-state index contributed by atoms with van der Waals surface area (Å²) in [5.74, 6) is -0.0909. The number of carbonyl (C=O) groups excluding carboxylic acids is 3. The molecule has 2 saturated heterocycles. The zero-order chi connectivity index (χ0) is 20.5. The maximum absolute atomic E-state index is 13.2. The highest BCUT2D eigenvalue weighted by molar-refractivity contribution is 6.02. The van der Waals surface area contributed by atoms with E-state index < -0.39 is 0 Å². The molecule has 0 spiro atoms. The number of carbonyl (C=O) groups is 3. The van der Waals surface area contributed by atoms with Crippen LogP contribution in [0.5, 0.6) is 0 Å². The van der Waals surface area contributed by atoms with Crippen LogP contribution < -0.4 is 0 Å². The van der Waals surface area contributed by atoms with Crippen molar-refractivity contribution in [2.45, 2.75) is 6.92 Å². The number of hydrogen-bond acceptors (Lipinski definition) is 5. The second-order valence-electron chi connectivity index (χ2n) is 7.63. The topological polar surface area (TPSA) is 81.5 Å². The lowest BCUT2D eigenvalue weighted by Gasteiger charge is -2.33. The molecule has 4 heterocycles. The van der Waals surface area contributed by atoms with E-state index in [4.69, 9.17) is 0 Å². The zero-order valence-corrected chi connectivity index (χ0v) is 16.9. The van der Waals surface area contributed by atoms with E-state index in [0.717, 1.165) is 13.1 Å². The fourth-order valence-electron chi connectivity index (χ4n) is 3.87. The van der Waals surface area contributed by atoms with Gasteiger partial charge in [0, 0.05) is 65.5 Å². The molecule has 0 unspecified atom stereocenters. The Labute approximate surface area is 169 Å².